The molecule has 2 rings (SSSR count). The van der Waals surface area contributed by atoms with Crippen LogP contribution in [-0.2, 0) is 12.2 Å². The fourth-order valence-electron chi connectivity index (χ4n) is 1.89. The van der Waals surface area contributed by atoms with Crippen LogP contribution < -0.4 is 0 Å². The molecule has 0 radical (unpaired) electrons. The minimum absolute atomic E-state index is 0.298. The zero-order valence-electron chi connectivity index (χ0n) is 11.6. The average molecular weight is 308 g/mol. The first-order valence-corrected chi connectivity index (χ1v) is 8.15. The lowest BCUT2D eigenvalue weighted by molar-refractivity contribution is 0.0691. The second-order valence-corrected chi connectivity index (χ2v) is 6.35. The number of carbonyl (C=O) groups is 1. The van der Waals surface area contributed by atoms with Gasteiger partial charge in [0.15, 0.2) is 0 Å². The monoisotopic (exact) mass is 308 g/mol. The number of aromatic nitrogens is 2. The highest BCUT2D eigenvalue weighted by atomic mass is 32.2. The molecule has 2 aromatic rings. The molecule has 0 spiro atoms. The lowest BCUT2D eigenvalue weighted by Crippen LogP contribution is -2.05. The van der Waals surface area contributed by atoms with Crippen LogP contribution in [0.2, 0.25) is 0 Å². The van der Waals surface area contributed by atoms with Gasteiger partial charge in [-0.05, 0) is 31.9 Å². The summed E-state index contributed by atoms with van der Waals surface area (Å²) in [4.78, 5) is 20.2. The second kappa shape index (κ2) is 6.37. The molecule has 2 aromatic heterocycles. The van der Waals surface area contributed by atoms with E-state index < -0.39 is 5.97 Å². The predicted octanol–water partition coefficient (Wildman–Crippen LogP) is 3.71. The third-order valence-corrected chi connectivity index (χ3v) is 4.83. The van der Waals surface area contributed by atoms with E-state index >= 15 is 0 Å². The number of carboxylic acid groups (broad SMARTS) is 1. The Hall–Kier alpha value is -1.40. The highest BCUT2D eigenvalue weighted by molar-refractivity contribution is 7.98. The molecule has 0 atom stereocenters. The Kier molecular flexibility index (Phi) is 4.77. The molecule has 1 N–H and O–H groups in total. The lowest BCUT2D eigenvalue weighted by atomic mass is 10.1. The molecule has 0 bridgehead atoms. The Labute approximate surface area is 126 Å². The van der Waals surface area contributed by atoms with E-state index in [1.807, 2.05) is 12.3 Å². The van der Waals surface area contributed by atoms with E-state index in [-0.39, 0.29) is 0 Å². The number of hydrogen-bond acceptors (Lipinski definition) is 5. The van der Waals surface area contributed by atoms with Crippen LogP contribution in [0.25, 0.3) is 0 Å². The lowest BCUT2D eigenvalue weighted by Gasteiger charge is -2.08. The second-order valence-electron chi connectivity index (χ2n) is 4.44. The van der Waals surface area contributed by atoms with Crippen LogP contribution in [0, 0.1) is 13.8 Å². The van der Waals surface area contributed by atoms with Gasteiger partial charge in [-0.15, -0.1) is 11.3 Å². The smallest absolute Gasteiger partial charge is 0.338 e. The maximum atomic E-state index is 11.3. The summed E-state index contributed by atoms with van der Waals surface area (Å²) in [6.07, 6.45) is 0.928. The van der Waals surface area contributed by atoms with Gasteiger partial charge in [0.2, 0.25) is 0 Å². The molecule has 4 nitrogen and oxygen atoms in total. The molecule has 2 heterocycles. The normalized spacial score (nSPS) is 10.8. The molecule has 0 aromatic carbocycles. The van der Waals surface area contributed by atoms with E-state index in [1.54, 1.807) is 24.3 Å². The first-order valence-electron chi connectivity index (χ1n) is 6.29. The van der Waals surface area contributed by atoms with E-state index in [4.69, 9.17) is 0 Å². The summed E-state index contributed by atoms with van der Waals surface area (Å²) >= 11 is 3.07. The van der Waals surface area contributed by atoms with Gasteiger partial charge in [0.05, 0.1) is 16.3 Å². The van der Waals surface area contributed by atoms with Gasteiger partial charge in [-0.1, -0.05) is 18.7 Å². The Bertz CT molecular complexity index is 638. The molecule has 0 amide bonds. The van der Waals surface area contributed by atoms with Gasteiger partial charge < -0.3 is 5.11 Å². The largest absolute Gasteiger partial charge is 0.478 e. The molecule has 20 heavy (non-hydrogen) atoms. The predicted molar refractivity (Wildman–Crippen MR) is 81.7 cm³/mol. The standard InChI is InChI=1S/C14H16N2O2S2/c1-4-11-16-10(6-19-11)7-20-13-12(14(17)18)8(2)5-9(3)15-13/h5-6H,4,7H2,1-3H3,(H,17,18). The summed E-state index contributed by atoms with van der Waals surface area (Å²) in [5, 5.41) is 13.0. The number of carboxylic acids is 1. The molecule has 0 aliphatic rings. The SMILES string of the molecule is CCc1nc(CSc2nc(C)cc(C)c2C(=O)O)cs1. The summed E-state index contributed by atoms with van der Waals surface area (Å²) in [5.74, 6) is -0.280. The van der Waals surface area contributed by atoms with Gasteiger partial charge in [0, 0.05) is 16.8 Å². The number of aryl methyl sites for hydroxylation is 3. The van der Waals surface area contributed by atoms with Crippen molar-refractivity contribution in [3.8, 4) is 0 Å². The van der Waals surface area contributed by atoms with Crippen molar-refractivity contribution in [2.24, 2.45) is 0 Å². The fraction of sp³-hybridized carbons (Fsp3) is 0.357. The third kappa shape index (κ3) is 3.37. The molecule has 0 saturated carbocycles. The molecular weight excluding hydrogens is 292 g/mol. The molecule has 106 valence electrons. The van der Waals surface area contributed by atoms with Crippen molar-refractivity contribution in [1.82, 2.24) is 9.97 Å². The van der Waals surface area contributed by atoms with E-state index in [9.17, 15) is 9.90 Å². The number of pyridine rings is 1. The van der Waals surface area contributed by atoms with Crippen molar-refractivity contribution < 1.29 is 9.90 Å². The van der Waals surface area contributed by atoms with Crippen LogP contribution >= 0.6 is 23.1 Å². The number of hydrogen-bond donors (Lipinski definition) is 1. The van der Waals surface area contributed by atoms with Crippen molar-refractivity contribution in [3.63, 3.8) is 0 Å². The zero-order valence-corrected chi connectivity index (χ0v) is 13.3. The number of thioether (sulfide) groups is 1. The van der Waals surface area contributed by atoms with Gasteiger partial charge in [-0.25, -0.2) is 14.8 Å². The van der Waals surface area contributed by atoms with Crippen LogP contribution in [-0.4, -0.2) is 21.0 Å². The van der Waals surface area contributed by atoms with Crippen molar-refractivity contribution in [1.29, 1.82) is 0 Å². The Morgan fingerprint density at radius 2 is 2.15 bits per heavy atom. The van der Waals surface area contributed by atoms with Crippen LogP contribution in [0.3, 0.4) is 0 Å². The van der Waals surface area contributed by atoms with Crippen LogP contribution in [0.1, 0.15) is 39.2 Å². The molecule has 0 aliphatic heterocycles. The summed E-state index contributed by atoms with van der Waals surface area (Å²) in [5.41, 5.74) is 2.86. The summed E-state index contributed by atoms with van der Waals surface area (Å²) < 4.78 is 0. The van der Waals surface area contributed by atoms with Gasteiger partial charge in [-0.3, -0.25) is 0 Å². The zero-order chi connectivity index (χ0) is 14.7. The van der Waals surface area contributed by atoms with Crippen LogP contribution in [0.15, 0.2) is 16.5 Å². The molecule has 0 saturated heterocycles. The van der Waals surface area contributed by atoms with E-state index in [2.05, 4.69) is 16.9 Å². The highest BCUT2D eigenvalue weighted by Crippen LogP contribution is 2.27. The molecule has 0 unspecified atom stereocenters. The number of nitrogens with zero attached hydrogens (tertiary/aromatic N) is 2. The van der Waals surface area contributed by atoms with Crippen molar-refractivity contribution in [2.75, 3.05) is 0 Å². The first-order chi connectivity index (χ1) is 9.51. The highest BCUT2D eigenvalue weighted by Gasteiger charge is 2.16. The van der Waals surface area contributed by atoms with Crippen molar-refractivity contribution >= 4 is 29.1 Å². The number of thiazole rings is 1. The number of rotatable bonds is 5. The molecular formula is C14H16N2O2S2. The topological polar surface area (TPSA) is 63.1 Å². The molecule has 0 aliphatic carbocycles. The Morgan fingerprint density at radius 1 is 1.40 bits per heavy atom. The van der Waals surface area contributed by atoms with Gasteiger partial charge in [0.1, 0.15) is 5.03 Å². The van der Waals surface area contributed by atoms with Crippen LogP contribution in [0.5, 0.6) is 0 Å². The quantitative estimate of drug-likeness (QED) is 0.853. The molecule has 6 heteroatoms. The van der Waals surface area contributed by atoms with Crippen LogP contribution in [0.4, 0.5) is 0 Å². The minimum Gasteiger partial charge on any atom is -0.478 e. The summed E-state index contributed by atoms with van der Waals surface area (Å²) in [6.45, 7) is 5.75. The van der Waals surface area contributed by atoms with E-state index in [0.29, 0.717) is 16.3 Å². The van der Waals surface area contributed by atoms with E-state index in [0.717, 1.165) is 28.4 Å². The maximum Gasteiger partial charge on any atom is 0.338 e. The van der Waals surface area contributed by atoms with Crippen molar-refractivity contribution in [3.05, 3.63) is 39.0 Å². The van der Waals surface area contributed by atoms with Crippen molar-refractivity contribution in [2.45, 2.75) is 38.0 Å². The molecule has 0 fully saturated rings. The number of aromatic carboxylic acids is 1. The summed E-state index contributed by atoms with van der Waals surface area (Å²) in [7, 11) is 0. The van der Waals surface area contributed by atoms with E-state index in [1.165, 1.54) is 11.8 Å². The van der Waals surface area contributed by atoms with Gasteiger partial charge in [-0.2, -0.15) is 0 Å². The minimum atomic E-state index is -0.926. The first kappa shape index (κ1) is 15.0. The van der Waals surface area contributed by atoms with Gasteiger partial charge >= 0.3 is 5.97 Å². The third-order valence-electron chi connectivity index (χ3n) is 2.78. The summed E-state index contributed by atoms with van der Waals surface area (Å²) in [6, 6.07) is 1.80. The Balaban J connectivity index is 2.22. The maximum absolute atomic E-state index is 11.3. The Morgan fingerprint density at radius 3 is 2.75 bits per heavy atom. The fourth-order valence-corrected chi connectivity index (χ4v) is 3.77. The van der Waals surface area contributed by atoms with Gasteiger partial charge in [0.25, 0.3) is 0 Å². The average Bonchev–Trinajstić information content (AvgIpc) is 2.82.